The van der Waals surface area contributed by atoms with Crippen molar-refractivity contribution in [1.29, 1.82) is 0 Å². The van der Waals surface area contributed by atoms with Crippen molar-refractivity contribution in [3.8, 4) is 0 Å². The fourth-order valence-electron chi connectivity index (χ4n) is 2.51. The van der Waals surface area contributed by atoms with Crippen molar-refractivity contribution in [2.45, 2.75) is 51.7 Å². The second-order valence-corrected chi connectivity index (χ2v) is 5.65. The second kappa shape index (κ2) is 7.34. The van der Waals surface area contributed by atoms with Crippen molar-refractivity contribution >= 4 is 0 Å². The first-order valence-corrected chi connectivity index (χ1v) is 6.89. The third kappa shape index (κ3) is 7.21. The lowest BCUT2D eigenvalue weighted by molar-refractivity contribution is -0.136. The Hall–Kier alpha value is -0.290. The lowest BCUT2D eigenvalue weighted by atomic mass is 10.0. The summed E-state index contributed by atoms with van der Waals surface area (Å²) >= 11 is 0. The van der Waals surface area contributed by atoms with E-state index in [0.29, 0.717) is 18.5 Å². The Kier molecular flexibility index (Phi) is 6.43. The van der Waals surface area contributed by atoms with Crippen molar-refractivity contribution in [3.05, 3.63) is 0 Å². The molecule has 0 radical (unpaired) electrons. The minimum Gasteiger partial charge on any atom is -0.313 e. The summed E-state index contributed by atoms with van der Waals surface area (Å²) in [7, 11) is 0. The molecule has 1 aliphatic rings. The third-order valence-corrected chi connectivity index (χ3v) is 3.25. The van der Waals surface area contributed by atoms with Gasteiger partial charge >= 0.3 is 6.18 Å². The molecule has 0 bridgehead atoms. The summed E-state index contributed by atoms with van der Waals surface area (Å²) in [6.07, 6.45) is -2.33. The Morgan fingerprint density at radius 2 is 2.06 bits per heavy atom. The molecule has 1 unspecified atom stereocenters. The molecule has 0 aliphatic carbocycles. The molecule has 0 aromatic heterocycles. The van der Waals surface area contributed by atoms with Gasteiger partial charge < -0.3 is 10.2 Å². The van der Waals surface area contributed by atoms with Gasteiger partial charge in [0, 0.05) is 19.0 Å². The van der Waals surface area contributed by atoms with Crippen molar-refractivity contribution in [2.24, 2.45) is 5.92 Å². The van der Waals surface area contributed by atoms with E-state index in [1.165, 1.54) is 0 Å². The van der Waals surface area contributed by atoms with Gasteiger partial charge in [-0.3, -0.25) is 0 Å². The van der Waals surface area contributed by atoms with E-state index in [1.54, 1.807) is 0 Å². The van der Waals surface area contributed by atoms with E-state index < -0.39 is 12.6 Å². The highest BCUT2D eigenvalue weighted by molar-refractivity contribution is 4.77. The van der Waals surface area contributed by atoms with E-state index in [9.17, 15) is 13.2 Å². The Balaban J connectivity index is 2.30. The molecule has 5 heteroatoms. The molecule has 0 amide bonds. The predicted molar refractivity (Wildman–Crippen MR) is 67.6 cm³/mol. The topological polar surface area (TPSA) is 15.3 Å². The highest BCUT2D eigenvalue weighted by Gasteiger charge is 2.27. The normalized spacial score (nSPS) is 23.3. The molecule has 2 nitrogen and oxygen atoms in total. The number of hydrogen-bond acceptors (Lipinski definition) is 2. The second-order valence-electron chi connectivity index (χ2n) is 5.65. The number of halogens is 3. The van der Waals surface area contributed by atoms with E-state index in [-0.39, 0.29) is 6.42 Å². The van der Waals surface area contributed by atoms with Crippen LogP contribution in [0.1, 0.15) is 39.5 Å². The van der Waals surface area contributed by atoms with Crippen LogP contribution in [-0.4, -0.2) is 43.3 Å². The van der Waals surface area contributed by atoms with Crippen LogP contribution in [-0.2, 0) is 0 Å². The summed E-state index contributed by atoms with van der Waals surface area (Å²) in [5, 5.41) is 3.49. The Labute approximate surface area is 108 Å². The summed E-state index contributed by atoms with van der Waals surface area (Å²) in [6.45, 7) is 7.71. The van der Waals surface area contributed by atoms with Gasteiger partial charge in [-0.05, 0) is 44.8 Å². The van der Waals surface area contributed by atoms with E-state index >= 15 is 0 Å². The van der Waals surface area contributed by atoms with E-state index in [1.807, 2.05) is 0 Å². The zero-order valence-electron chi connectivity index (χ0n) is 11.4. The van der Waals surface area contributed by atoms with Crippen LogP contribution in [0, 0.1) is 5.92 Å². The van der Waals surface area contributed by atoms with Crippen LogP contribution in [0.3, 0.4) is 0 Å². The molecule has 1 saturated heterocycles. The standard InChI is InChI=1S/C13H25F3N2/c1-11(2)9-12-10-18(8-4-6-17-12)7-3-5-13(14,15)16/h11-12,17H,3-10H2,1-2H3. The molecule has 0 spiro atoms. The lowest BCUT2D eigenvalue weighted by Crippen LogP contribution is -2.39. The van der Waals surface area contributed by atoms with Gasteiger partial charge in [-0.25, -0.2) is 0 Å². The average Bonchev–Trinajstić information content (AvgIpc) is 2.40. The molecule has 1 rings (SSSR count). The van der Waals surface area contributed by atoms with Crippen LogP contribution >= 0.6 is 0 Å². The van der Waals surface area contributed by atoms with E-state index in [4.69, 9.17) is 0 Å². The monoisotopic (exact) mass is 266 g/mol. The summed E-state index contributed by atoms with van der Waals surface area (Å²) in [5.41, 5.74) is 0. The lowest BCUT2D eigenvalue weighted by Gasteiger charge is -2.25. The average molecular weight is 266 g/mol. The molecule has 1 atom stereocenters. The van der Waals surface area contributed by atoms with Crippen LogP contribution in [0.2, 0.25) is 0 Å². The first-order chi connectivity index (χ1) is 8.37. The van der Waals surface area contributed by atoms with Gasteiger partial charge in [-0.15, -0.1) is 0 Å². The summed E-state index contributed by atoms with van der Waals surface area (Å²) in [5.74, 6) is 0.623. The number of nitrogens with one attached hydrogen (secondary N) is 1. The van der Waals surface area contributed by atoms with Crippen molar-refractivity contribution in [3.63, 3.8) is 0 Å². The Bertz CT molecular complexity index is 229. The van der Waals surface area contributed by atoms with Gasteiger partial charge in [0.1, 0.15) is 0 Å². The van der Waals surface area contributed by atoms with Gasteiger partial charge in [0.25, 0.3) is 0 Å². The molecule has 1 heterocycles. The van der Waals surface area contributed by atoms with Crippen molar-refractivity contribution < 1.29 is 13.2 Å². The number of alkyl halides is 3. The van der Waals surface area contributed by atoms with Crippen LogP contribution in [0.5, 0.6) is 0 Å². The van der Waals surface area contributed by atoms with Crippen molar-refractivity contribution in [1.82, 2.24) is 10.2 Å². The minimum absolute atomic E-state index is 0.220. The Morgan fingerprint density at radius 1 is 1.33 bits per heavy atom. The highest BCUT2D eigenvalue weighted by atomic mass is 19.4. The summed E-state index contributed by atoms with van der Waals surface area (Å²) in [6, 6.07) is 0.429. The van der Waals surface area contributed by atoms with E-state index in [2.05, 4.69) is 24.1 Å². The molecule has 18 heavy (non-hydrogen) atoms. The fraction of sp³-hybridized carbons (Fsp3) is 1.00. The third-order valence-electron chi connectivity index (χ3n) is 3.25. The molecular formula is C13H25F3N2. The van der Waals surface area contributed by atoms with Gasteiger partial charge in [0.05, 0.1) is 0 Å². The van der Waals surface area contributed by atoms with Gasteiger partial charge in [0.2, 0.25) is 0 Å². The SMILES string of the molecule is CC(C)CC1CN(CCCC(F)(F)F)CCCN1. The van der Waals surface area contributed by atoms with Crippen LogP contribution < -0.4 is 5.32 Å². The maximum Gasteiger partial charge on any atom is 0.389 e. The largest absolute Gasteiger partial charge is 0.389 e. The Morgan fingerprint density at radius 3 is 2.67 bits per heavy atom. The maximum atomic E-state index is 12.1. The molecule has 0 saturated carbocycles. The zero-order valence-corrected chi connectivity index (χ0v) is 11.4. The first kappa shape index (κ1) is 15.8. The molecule has 108 valence electrons. The minimum atomic E-state index is -4.01. The quantitative estimate of drug-likeness (QED) is 0.823. The highest BCUT2D eigenvalue weighted by Crippen LogP contribution is 2.21. The van der Waals surface area contributed by atoms with Gasteiger partial charge in [0.15, 0.2) is 0 Å². The maximum absolute atomic E-state index is 12.1. The number of rotatable bonds is 5. The van der Waals surface area contributed by atoms with E-state index in [0.717, 1.165) is 32.5 Å². The van der Waals surface area contributed by atoms with Crippen LogP contribution in [0.15, 0.2) is 0 Å². The molecule has 0 aromatic carbocycles. The van der Waals surface area contributed by atoms with Gasteiger partial charge in [-0.2, -0.15) is 13.2 Å². The fourth-order valence-corrected chi connectivity index (χ4v) is 2.51. The molecular weight excluding hydrogens is 241 g/mol. The van der Waals surface area contributed by atoms with Crippen LogP contribution in [0.4, 0.5) is 13.2 Å². The van der Waals surface area contributed by atoms with Crippen LogP contribution in [0.25, 0.3) is 0 Å². The molecule has 1 aliphatic heterocycles. The van der Waals surface area contributed by atoms with Crippen molar-refractivity contribution in [2.75, 3.05) is 26.2 Å². The molecule has 1 fully saturated rings. The number of nitrogens with zero attached hydrogens (tertiary/aromatic N) is 1. The predicted octanol–water partition coefficient (Wildman–Crippen LogP) is 3.04. The van der Waals surface area contributed by atoms with Gasteiger partial charge in [-0.1, -0.05) is 13.8 Å². The zero-order chi connectivity index (χ0) is 13.6. The molecule has 1 N–H and O–H groups in total. The summed E-state index contributed by atoms with van der Waals surface area (Å²) in [4.78, 5) is 2.18. The summed E-state index contributed by atoms with van der Waals surface area (Å²) < 4.78 is 36.3. The smallest absolute Gasteiger partial charge is 0.313 e. The number of hydrogen-bond donors (Lipinski definition) is 1. The first-order valence-electron chi connectivity index (χ1n) is 6.89. The molecule has 0 aromatic rings.